The Morgan fingerprint density at radius 1 is 1.21 bits per heavy atom. The van der Waals surface area contributed by atoms with Crippen molar-refractivity contribution in [2.75, 3.05) is 13.1 Å². The summed E-state index contributed by atoms with van der Waals surface area (Å²) in [5.41, 5.74) is 5.66. The van der Waals surface area contributed by atoms with Crippen LogP contribution in [0.1, 0.15) is 44.9 Å². The first kappa shape index (κ1) is 14.3. The molecule has 108 valence electrons. The summed E-state index contributed by atoms with van der Waals surface area (Å²) < 4.78 is 0. The van der Waals surface area contributed by atoms with Crippen LogP contribution in [0.25, 0.3) is 0 Å². The summed E-state index contributed by atoms with van der Waals surface area (Å²) in [7, 11) is 0. The highest BCUT2D eigenvalue weighted by atomic mass is 16.2. The average Bonchev–Trinajstić information content (AvgIpc) is 2.83. The van der Waals surface area contributed by atoms with Crippen molar-refractivity contribution in [3.05, 3.63) is 0 Å². The van der Waals surface area contributed by atoms with Crippen LogP contribution >= 0.6 is 0 Å². The number of hydrogen-bond acceptors (Lipinski definition) is 3. The quantitative estimate of drug-likeness (QED) is 0.679. The summed E-state index contributed by atoms with van der Waals surface area (Å²) in [6, 6.07) is 0.129. The number of hydrogen-bond donors (Lipinski definition) is 3. The molecule has 0 radical (unpaired) electrons. The maximum Gasteiger partial charge on any atom is 0.220 e. The topological polar surface area (TPSA) is 84.2 Å². The van der Waals surface area contributed by atoms with Crippen molar-refractivity contribution in [2.45, 2.75) is 51.0 Å². The van der Waals surface area contributed by atoms with E-state index in [1.807, 2.05) is 0 Å². The standard InChI is InChI=1S/C14H25N3O2/c15-8-11-3-1-10(2-4-11)7-14(19)16-9-12-5-6-13(18)17-12/h10-12H,1-9,15H2,(H,16,19)(H,17,18). The molecule has 5 nitrogen and oxygen atoms in total. The molecule has 1 heterocycles. The maximum absolute atomic E-state index is 11.9. The second-order valence-electron chi connectivity index (χ2n) is 5.93. The number of carbonyl (C=O) groups excluding carboxylic acids is 2. The van der Waals surface area contributed by atoms with Gasteiger partial charge in [0, 0.05) is 25.4 Å². The van der Waals surface area contributed by atoms with Crippen LogP contribution in [0.4, 0.5) is 0 Å². The molecule has 1 saturated carbocycles. The minimum Gasteiger partial charge on any atom is -0.354 e. The van der Waals surface area contributed by atoms with E-state index in [-0.39, 0.29) is 17.9 Å². The molecule has 0 aromatic carbocycles. The first-order valence-electron chi connectivity index (χ1n) is 7.43. The van der Waals surface area contributed by atoms with Gasteiger partial charge in [-0.2, -0.15) is 0 Å². The van der Waals surface area contributed by atoms with Crippen LogP contribution in [-0.2, 0) is 9.59 Å². The lowest BCUT2D eigenvalue weighted by Crippen LogP contribution is -2.39. The van der Waals surface area contributed by atoms with E-state index in [0.29, 0.717) is 31.2 Å². The van der Waals surface area contributed by atoms with Crippen LogP contribution in [-0.4, -0.2) is 30.9 Å². The van der Waals surface area contributed by atoms with E-state index in [2.05, 4.69) is 10.6 Å². The minimum absolute atomic E-state index is 0.0966. The van der Waals surface area contributed by atoms with Gasteiger partial charge in [-0.15, -0.1) is 0 Å². The Morgan fingerprint density at radius 2 is 1.89 bits per heavy atom. The molecule has 1 atom stereocenters. The predicted octanol–water partition coefficient (Wildman–Crippen LogP) is 0.536. The van der Waals surface area contributed by atoms with Crippen molar-refractivity contribution in [2.24, 2.45) is 17.6 Å². The normalized spacial score (nSPS) is 31.0. The Morgan fingerprint density at radius 3 is 2.47 bits per heavy atom. The van der Waals surface area contributed by atoms with Gasteiger partial charge in [-0.3, -0.25) is 9.59 Å². The average molecular weight is 267 g/mol. The monoisotopic (exact) mass is 267 g/mol. The van der Waals surface area contributed by atoms with Crippen LogP contribution in [0.5, 0.6) is 0 Å². The van der Waals surface area contributed by atoms with E-state index >= 15 is 0 Å². The summed E-state index contributed by atoms with van der Waals surface area (Å²) in [4.78, 5) is 22.9. The largest absolute Gasteiger partial charge is 0.354 e. The highest BCUT2D eigenvalue weighted by molar-refractivity contribution is 5.79. The molecule has 0 spiro atoms. The number of nitrogens with one attached hydrogen (secondary N) is 2. The number of nitrogens with two attached hydrogens (primary N) is 1. The molecule has 2 rings (SSSR count). The fourth-order valence-electron chi connectivity index (χ4n) is 3.07. The van der Waals surface area contributed by atoms with Gasteiger partial charge in [0.25, 0.3) is 0 Å². The van der Waals surface area contributed by atoms with Gasteiger partial charge in [-0.1, -0.05) is 0 Å². The second kappa shape index (κ2) is 6.89. The van der Waals surface area contributed by atoms with Crippen LogP contribution in [0.2, 0.25) is 0 Å². The van der Waals surface area contributed by atoms with E-state index in [4.69, 9.17) is 5.73 Å². The van der Waals surface area contributed by atoms with Crippen LogP contribution < -0.4 is 16.4 Å². The van der Waals surface area contributed by atoms with E-state index in [9.17, 15) is 9.59 Å². The molecule has 4 N–H and O–H groups in total. The van der Waals surface area contributed by atoms with Gasteiger partial charge in [-0.05, 0) is 50.5 Å². The van der Waals surface area contributed by atoms with Crippen molar-refractivity contribution < 1.29 is 9.59 Å². The summed E-state index contributed by atoms with van der Waals surface area (Å²) >= 11 is 0. The van der Waals surface area contributed by atoms with Gasteiger partial charge in [0.05, 0.1) is 0 Å². The first-order valence-corrected chi connectivity index (χ1v) is 7.43. The van der Waals surface area contributed by atoms with Crippen molar-refractivity contribution in [3.8, 4) is 0 Å². The Labute approximate surface area is 114 Å². The van der Waals surface area contributed by atoms with Gasteiger partial charge in [0.2, 0.25) is 11.8 Å². The molecule has 1 aliphatic heterocycles. The Hall–Kier alpha value is -1.10. The van der Waals surface area contributed by atoms with Gasteiger partial charge < -0.3 is 16.4 Å². The van der Waals surface area contributed by atoms with Gasteiger partial charge >= 0.3 is 0 Å². The molecular formula is C14H25N3O2. The van der Waals surface area contributed by atoms with Crippen LogP contribution in [0, 0.1) is 11.8 Å². The number of carbonyl (C=O) groups is 2. The van der Waals surface area contributed by atoms with E-state index < -0.39 is 0 Å². The summed E-state index contributed by atoms with van der Waals surface area (Å²) in [6.45, 7) is 1.35. The molecule has 2 fully saturated rings. The van der Waals surface area contributed by atoms with Gasteiger partial charge in [0.1, 0.15) is 0 Å². The Kier molecular flexibility index (Phi) is 5.19. The predicted molar refractivity (Wildman–Crippen MR) is 73.3 cm³/mol. The third-order valence-corrected chi connectivity index (χ3v) is 4.40. The van der Waals surface area contributed by atoms with Crippen molar-refractivity contribution in [3.63, 3.8) is 0 Å². The molecule has 0 bridgehead atoms. The first-order chi connectivity index (χ1) is 9.17. The van der Waals surface area contributed by atoms with Crippen molar-refractivity contribution in [1.82, 2.24) is 10.6 Å². The summed E-state index contributed by atoms with van der Waals surface area (Å²) in [5, 5.41) is 5.80. The molecule has 19 heavy (non-hydrogen) atoms. The van der Waals surface area contributed by atoms with E-state index in [0.717, 1.165) is 38.6 Å². The van der Waals surface area contributed by atoms with E-state index in [1.54, 1.807) is 0 Å². The zero-order chi connectivity index (χ0) is 13.7. The third kappa shape index (κ3) is 4.49. The van der Waals surface area contributed by atoms with Crippen molar-refractivity contribution in [1.29, 1.82) is 0 Å². The highest BCUT2D eigenvalue weighted by Crippen LogP contribution is 2.30. The molecule has 1 aliphatic carbocycles. The SMILES string of the molecule is NCC1CCC(CC(=O)NCC2CCC(=O)N2)CC1. The highest BCUT2D eigenvalue weighted by Gasteiger charge is 2.24. The van der Waals surface area contributed by atoms with Crippen LogP contribution in [0.15, 0.2) is 0 Å². The lowest BCUT2D eigenvalue weighted by molar-refractivity contribution is -0.123. The summed E-state index contributed by atoms with van der Waals surface area (Å²) in [6.07, 6.45) is 6.60. The molecule has 5 heteroatoms. The minimum atomic E-state index is 0.0966. The van der Waals surface area contributed by atoms with Gasteiger partial charge in [-0.25, -0.2) is 0 Å². The fourth-order valence-corrected chi connectivity index (χ4v) is 3.07. The Balaban J connectivity index is 1.61. The number of amides is 2. The summed E-state index contributed by atoms with van der Waals surface area (Å²) in [5.74, 6) is 1.39. The lowest BCUT2D eigenvalue weighted by Gasteiger charge is -2.27. The molecule has 2 amide bonds. The lowest BCUT2D eigenvalue weighted by atomic mass is 9.80. The van der Waals surface area contributed by atoms with Crippen LogP contribution in [0.3, 0.4) is 0 Å². The maximum atomic E-state index is 11.9. The fraction of sp³-hybridized carbons (Fsp3) is 0.857. The third-order valence-electron chi connectivity index (χ3n) is 4.40. The molecule has 1 saturated heterocycles. The molecule has 2 aliphatic rings. The smallest absolute Gasteiger partial charge is 0.220 e. The molecule has 1 unspecified atom stereocenters. The zero-order valence-electron chi connectivity index (χ0n) is 11.5. The van der Waals surface area contributed by atoms with Crippen molar-refractivity contribution >= 4 is 11.8 Å². The second-order valence-corrected chi connectivity index (χ2v) is 5.93. The Bertz CT molecular complexity index is 325. The molecule has 0 aromatic heterocycles. The van der Waals surface area contributed by atoms with Gasteiger partial charge in [0.15, 0.2) is 0 Å². The van der Waals surface area contributed by atoms with E-state index in [1.165, 1.54) is 0 Å². The number of rotatable bonds is 5. The molecular weight excluding hydrogens is 242 g/mol. The zero-order valence-corrected chi connectivity index (χ0v) is 11.5. The molecule has 0 aromatic rings.